The molecule has 4 nitrogen and oxygen atoms in total. The fourth-order valence-corrected chi connectivity index (χ4v) is 2.65. The number of anilines is 1. The molecule has 1 aromatic carbocycles. The molecule has 0 aliphatic heterocycles. The zero-order valence-electron chi connectivity index (χ0n) is 11.6. The van der Waals surface area contributed by atoms with Crippen molar-refractivity contribution >= 4 is 22.0 Å². The molecule has 1 unspecified atom stereocenters. The van der Waals surface area contributed by atoms with Gasteiger partial charge in [0.2, 0.25) is 0 Å². The van der Waals surface area contributed by atoms with Crippen molar-refractivity contribution in [3.63, 3.8) is 0 Å². The van der Waals surface area contributed by atoms with E-state index in [1.165, 1.54) is 5.56 Å². The minimum atomic E-state index is -0.352. The molecule has 0 bridgehead atoms. The van der Waals surface area contributed by atoms with E-state index >= 15 is 0 Å². The molecule has 0 aliphatic rings. The van der Waals surface area contributed by atoms with Gasteiger partial charge in [-0.15, -0.1) is 0 Å². The summed E-state index contributed by atoms with van der Waals surface area (Å²) in [5.41, 5.74) is 3.31. The quantitative estimate of drug-likeness (QED) is 0.615. The Labute approximate surface area is 122 Å². The van der Waals surface area contributed by atoms with Gasteiger partial charge in [0.15, 0.2) is 0 Å². The third-order valence-electron chi connectivity index (χ3n) is 3.41. The van der Waals surface area contributed by atoms with Crippen LogP contribution in [0.3, 0.4) is 0 Å². The first-order valence-corrected chi connectivity index (χ1v) is 7.53. The van der Waals surface area contributed by atoms with Gasteiger partial charge in [-0.2, -0.15) is 0 Å². The Hall–Kier alpha value is -1.88. The summed E-state index contributed by atoms with van der Waals surface area (Å²) in [5, 5.41) is 15.9. The predicted molar refractivity (Wildman–Crippen MR) is 83.4 cm³/mol. The SMILES string of the molecule is CCC(C)c1ccc(NCc2csc([N+](=O)[O-])c2)cc1. The number of nitrogens with one attached hydrogen (secondary N) is 1. The number of benzene rings is 1. The Morgan fingerprint density at radius 1 is 1.35 bits per heavy atom. The van der Waals surface area contributed by atoms with Crippen LogP contribution in [0.1, 0.15) is 37.3 Å². The zero-order chi connectivity index (χ0) is 14.5. The van der Waals surface area contributed by atoms with Gasteiger partial charge < -0.3 is 5.32 Å². The molecule has 1 heterocycles. The lowest BCUT2D eigenvalue weighted by molar-refractivity contribution is -0.380. The highest BCUT2D eigenvalue weighted by molar-refractivity contribution is 7.13. The van der Waals surface area contributed by atoms with Crippen molar-refractivity contribution in [3.8, 4) is 0 Å². The van der Waals surface area contributed by atoms with Crippen molar-refractivity contribution in [3.05, 3.63) is 57.0 Å². The highest BCUT2D eigenvalue weighted by Gasteiger charge is 2.09. The van der Waals surface area contributed by atoms with Gasteiger partial charge in [-0.05, 0) is 35.6 Å². The Balaban J connectivity index is 1.94. The predicted octanol–water partition coefficient (Wildman–Crippen LogP) is 4.78. The molecule has 2 rings (SSSR count). The van der Waals surface area contributed by atoms with Crippen LogP contribution in [0.2, 0.25) is 0 Å². The molecule has 1 aromatic heterocycles. The highest BCUT2D eigenvalue weighted by atomic mass is 32.1. The minimum absolute atomic E-state index is 0.189. The normalized spacial score (nSPS) is 12.1. The van der Waals surface area contributed by atoms with Crippen molar-refractivity contribution in [2.45, 2.75) is 32.7 Å². The van der Waals surface area contributed by atoms with Crippen molar-refractivity contribution in [2.24, 2.45) is 0 Å². The fourth-order valence-electron chi connectivity index (χ4n) is 1.92. The Morgan fingerprint density at radius 2 is 2.05 bits per heavy atom. The molecule has 0 aliphatic carbocycles. The molecule has 2 aromatic rings. The summed E-state index contributed by atoms with van der Waals surface area (Å²) in [4.78, 5) is 10.3. The van der Waals surface area contributed by atoms with Crippen molar-refractivity contribution < 1.29 is 4.92 Å². The molecule has 0 fully saturated rings. The average Bonchev–Trinajstić information content (AvgIpc) is 2.94. The van der Waals surface area contributed by atoms with Crippen LogP contribution in [-0.4, -0.2) is 4.92 Å². The number of hydrogen-bond acceptors (Lipinski definition) is 4. The van der Waals surface area contributed by atoms with Crippen LogP contribution < -0.4 is 5.32 Å². The molecule has 0 radical (unpaired) electrons. The van der Waals surface area contributed by atoms with Gasteiger partial charge in [-0.3, -0.25) is 10.1 Å². The molecule has 5 heteroatoms. The third-order valence-corrected chi connectivity index (χ3v) is 4.34. The summed E-state index contributed by atoms with van der Waals surface area (Å²) in [6.45, 7) is 5.00. The van der Waals surface area contributed by atoms with Gasteiger partial charge in [0.25, 0.3) is 0 Å². The highest BCUT2D eigenvalue weighted by Crippen LogP contribution is 2.24. The van der Waals surface area contributed by atoms with Crippen LogP contribution in [0, 0.1) is 10.1 Å². The van der Waals surface area contributed by atoms with E-state index in [0.29, 0.717) is 12.5 Å². The summed E-state index contributed by atoms with van der Waals surface area (Å²) in [7, 11) is 0. The lowest BCUT2D eigenvalue weighted by Gasteiger charge is -2.10. The molecule has 0 saturated carbocycles. The van der Waals surface area contributed by atoms with Crippen LogP contribution in [0.5, 0.6) is 0 Å². The largest absolute Gasteiger partial charge is 0.381 e. The van der Waals surface area contributed by atoms with Crippen molar-refractivity contribution in [1.82, 2.24) is 0 Å². The average molecular weight is 290 g/mol. The second-order valence-corrected chi connectivity index (χ2v) is 5.72. The number of nitrogens with zero attached hydrogens (tertiary/aromatic N) is 1. The first-order valence-electron chi connectivity index (χ1n) is 6.65. The Kier molecular flexibility index (Phi) is 4.74. The van der Waals surface area contributed by atoms with Crippen LogP contribution in [0.25, 0.3) is 0 Å². The van der Waals surface area contributed by atoms with Gasteiger partial charge in [0, 0.05) is 23.7 Å². The number of rotatable bonds is 6. The molecular weight excluding hydrogens is 272 g/mol. The van der Waals surface area contributed by atoms with E-state index in [9.17, 15) is 10.1 Å². The van der Waals surface area contributed by atoms with Crippen molar-refractivity contribution in [1.29, 1.82) is 0 Å². The van der Waals surface area contributed by atoms with E-state index in [-0.39, 0.29) is 9.92 Å². The minimum Gasteiger partial charge on any atom is -0.381 e. The standard InChI is InChI=1S/C15H18N2O2S/c1-3-11(2)13-4-6-14(7-5-13)16-9-12-8-15(17(18)19)20-10-12/h4-8,10-11,16H,3,9H2,1-2H3. The fraction of sp³-hybridized carbons (Fsp3) is 0.333. The zero-order valence-corrected chi connectivity index (χ0v) is 12.4. The van der Waals surface area contributed by atoms with E-state index < -0.39 is 0 Å². The number of nitro groups is 1. The Morgan fingerprint density at radius 3 is 2.60 bits per heavy atom. The third kappa shape index (κ3) is 3.57. The maximum absolute atomic E-state index is 10.6. The van der Waals surface area contributed by atoms with Gasteiger partial charge in [0.1, 0.15) is 0 Å². The molecule has 1 N–H and O–H groups in total. The monoisotopic (exact) mass is 290 g/mol. The molecule has 106 valence electrons. The maximum atomic E-state index is 10.6. The summed E-state index contributed by atoms with van der Waals surface area (Å²) >= 11 is 1.16. The number of thiophene rings is 1. The van der Waals surface area contributed by atoms with Crippen LogP contribution in [-0.2, 0) is 6.54 Å². The van der Waals surface area contributed by atoms with Gasteiger partial charge in [-0.25, -0.2) is 0 Å². The molecule has 0 saturated heterocycles. The van der Waals surface area contributed by atoms with E-state index in [1.807, 2.05) is 5.38 Å². The smallest absolute Gasteiger partial charge is 0.324 e. The molecule has 0 spiro atoms. The van der Waals surface area contributed by atoms with Crippen LogP contribution in [0.4, 0.5) is 10.7 Å². The lowest BCUT2D eigenvalue weighted by Crippen LogP contribution is -1.98. The molecular formula is C15H18N2O2S. The van der Waals surface area contributed by atoms with Crippen LogP contribution in [0.15, 0.2) is 35.7 Å². The van der Waals surface area contributed by atoms with E-state index in [4.69, 9.17) is 0 Å². The first-order chi connectivity index (χ1) is 9.60. The molecule has 0 amide bonds. The van der Waals surface area contributed by atoms with E-state index in [1.54, 1.807) is 6.07 Å². The molecule has 1 atom stereocenters. The summed E-state index contributed by atoms with van der Waals surface area (Å²) in [5.74, 6) is 0.573. The first kappa shape index (κ1) is 14.5. The maximum Gasteiger partial charge on any atom is 0.324 e. The summed E-state index contributed by atoms with van der Waals surface area (Å²) in [6.07, 6.45) is 1.13. The Bertz CT molecular complexity index is 578. The van der Waals surface area contributed by atoms with Gasteiger partial charge in [-0.1, -0.05) is 37.3 Å². The molecule has 20 heavy (non-hydrogen) atoms. The summed E-state index contributed by atoms with van der Waals surface area (Å²) < 4.78 is 0. The van der Waals surface area contributed by atoms with E-state index in [0.717, 1.165) is 29.0 Å². The van der Waals surface area contributed by atoms with Gasteiger partial charge in [0.05, 0.1) is 4.92 Å². The second-order valence-electron chi connectivity index (χ2n) is 4.84. The summed E-state index contributed by atoms with van der Waals surface area (Å²) in [6, 6.07) is 9.99. The van der Waals surface area contributed by atoms with Crippen molar-refractivity contribution in [2.75, 3.05) is 5.32 Å². The van der Waals surface area contributed by atoms with E-state index in [2.05, 4.69) is 43.4 Å². The topological polar surface area (TPSA) is 55.2 Å². The van der Waals surface area contributed by atoms with Gasteiger partial charge >= 0.3 is 5.00 Å². The lowest BCUT2D eigenvalue weighted by atomic mass is 9.99. The second kappa shape index (κ2) is 6.52. The van der Waals surface area contributed by atoms with Crippen LogP contribution >= 0.6 is 11.3 Å². The number of hydrogen-bond donors (Lipinski definition) is 1.